The molecule has 52 heavy (non-hydrogen) atoms. The number of alkyl halides is 4. The van der Waals surface area contributed by atoms with Crippen molar-refractivity contribution in [2.24, 2.45) is 0 Å². The number of hydrogen-bond donors (Lipinski definition) is 0. The second-order valence-electron chi connectivity index (χ2n) is 10.2. The Morgan fingerprint density at radius 2 is 0.500 bits per heavy atom. The summed E-state index contributed by atoms with van der Waals surface area (Å²) in [5.41, 5.74) is 5.74. The largest absolute Gasteiger partial charge is 0.429 e. The van der Waals surface area contributed by atoms with Crippen molar-refractivity contribution in [1.82, 2.24) is 0 Å². The third-order valence-electron chi connectivity index (χ3n) is 6.53. The fourth-order valence-corrected chi connectivity index (χ4v) is 3.98. The first-order chi connectivity index (χ1) is 24.9. The highest BCUT2D eigenvalue weighted by Gasteiger charge is 2.35. The molecule has 286 valence electrons. The zero-order chi connectivity index (χ0) is 40.3. The fourth-order valence-electron chi connectivity index (χ4n) is 3.98. The van der Waals surface area contributed by atoms with Gasteiger partial charge in [0.25, 0.3) is 0 Å². The van der Waals surface area contributed by atoms with Gasteiger partial charge in [-0.2, -0.15) is 17.6 Å². The second kappa shape index (κ2) is 27.1. The maximum absolute atomic E-state index is 14.2. The molecule has 0 aliphatic heterocycles. The molecule has 0 heterocycles. The molecular weight excluding hydrogens is 660 g/mol. The zero-order valence-electron chi connectivity index (χ0n) is 33.9. The van der Waals surface area contributed by atoms with E-state index in [-0.39, 0.29) is 22.6 Å². The van der Waals surface area contributed by atoms with Crippen LogP contribution in [0.5, 0.6) is 11.5 Å². The van der Waals surface area contributed by atoms with Crippen LogP contribution in [-0.4, -0.2) is 0 Å². The average molecular weight is 723 g/mol. The summed E-state index contributed by atoms with van der Waals surface area (Å²) in [6.45, 7) is 27.6. The second-order valence-corrected chi connectivity index (χ2v) is 10.2. The van der Waals surface area contributed by atoms with Crippen molar-refractivity contribution in [3.63, 3.8) is 0 Å². The summed E-state index contributed by atoms with van der Waals surface area (Å²) in [5, 5.41) is 0. The van der Waals surface area contributed by atoms with E-state index in [4.69, 9.17) is 9.47 Å². The summed E-state index contributed by atoms with van der Waals surface area (Å²) < 4.78 is 65.8. The van der Waals surface area contributed by atoms with Crippen LogP contribution in [0, 0.1) is 27.7 Å². The lowest BCUT2D eigenvalue weighted by Crippen LogP contribution is -2.21. The van der Waals surface area contributed by atoms with Gasteiger partial charge in [0.05, 0.1) is 11.1 Å². The van der Waals surface area contributed by atoms with Crippen LogP contribution >= 0.6 is 0 Å². The van der Waals surface area contributed by atoms with Crippen LogP contribution in [0.1, 0.15) is 103 Å². The summed E-state index contributed by atoms with van der Waals surface area (Å²) >= 11 is 0. The van der Waals surface area contributed by atoms with Gasteiger partial charge < -0.3 is 9.47 Å². The lowest BCUT2D eigenvalue weighted by molar-refractivity contribution is -0.186. The van der Waals surface area contributed by atoms with Crippen molar-refractivity contribution >= 4 is 0 Å². The van der Waals surface area contributed by atoms with Crippen molar-refractivity contribution in [3.05, 3.63) is 155 Å². The molecule has 6 heteroatoms. The maximum Gasteiger partial charge on any atom is 0.426 e. The molecule has 0 spiro atoms. The van der Waals surface area contributed by atoms with Crippen LogP contribution in [0.2, 0.25) is 0 Å². The summed E-state index contributed by atoms with van der Waals surface area (Å²) in [5.74, 6) is 0.294. The lowest BCUT2D eigenvalue weighted by atomic mass is 10.0. The Labute approximate surface area is 312 Å². The molecule has 2 nitrogen and oxygen atoms in total. The van der Waals surface area contributed by atoms with Crippen molar-refractivity contribution in [2.45, 2.75) is 109 Å². The molecule has 0 aromatic heterocycles. The normalized spacial score (nSPS) is 9.73. The topological polar surface area (TPSA) is 18.5 Å². The molecule has 0 saturated carbocycles. The van der Waals surface area contributed by atoms with Gasteiger partial charge in [-0.15, -0.1) is 0 Å². The molecule has 0 fully saturated rings. The van der Waals surface area contributed by atoms with Crippen LogP contribution in [0.4, 0.5) is 17.6 Å². The van der Waals surface area contributed by atoms with Gasteiger partial charge in [-0.25, -0.2) is 0 Å². The van der Waals surface area contributed by atoms with Gasteiger partial charge >= 0.3 is 12.2 Å². The minimum Gasteiger partial charge on any atom is -0.429 e. The Morgan fingerprint density at radius 1 is 0.308 bits per heavy atom. The zero-order valence-corrected chi connectivity index (χ0v) is 33.9. The Balaban J connectivity index is 0. The molecule has 5 rings (SSSR count). The lowest BCUT2D eigenvalue weighted by Gasteiger charge is -2.18. The van der Waals surface area contributed by atoms with Gasteiger partial charge in [-0.3, -0.25) is 0 Å². The molecule has 0 unspecified atom stereocenters. The van der Waals surface area contributed by atoms with E-state index >= 15 is 0 Å². The van der Waals surface area contributed by atoms with Crippen molar-refractivity contribution < 1.29 is 27.0 Å². The van der Waals surface area contributed by atoms with E-state index < -0.39 is 12.2 Å². The number of hydrogen-bond acceptors (Lipinski definition) is 2. The molecule has 5 aromatic carbocycles. The molecule has 0 aliphatic rings. The van der Waals surface area contributed by atoms with Gasteiger partial charge in [-0.1, -0.05) is 164 Å². The Bertz CT molecular complexity index is 1560. The van der Waals surface area contributed by atoms with E-state index in [0.717, 1.165) is 27.8 Å². The first-order valence-corrected chi connectivity index (χ1v) is 18.4. The molecule has 0 radical (unpaired) electrons. The van der Waals surface area contributed by atoms with Crippen LogP contribution in [0.25, 0.3) is 11.1 Å². The van der Waals surface area contributed by atoms with Crippen LogP contribution < -0.4 is 9.47 Å². The van der Waals surface area contributed by atoms with Gasteiger partial charge in [-0.05, 0) is 87.4 Å². The molecule has 0 amide bonds. The number of rotatable bonds is 7. The maximum atomic E-state index is 14.2. The third kappa shape index (κ3) is 17.6. The Kier molecular flexibility index (Phi) is 25.8. The Hall–Kier alpha value is -4.58. The fraction of sp³-hybridized carbons (Fsp3) is 0.348. The molecular formula is C46H62F4O2. The minimum atomic E-state index is -3.36. The highest BCUT2D eigenvalue weighted by Crippen LogP contribution is 2.33. The monoisotopic (exact) mass is 722 g/mol. The summed E-state index contributed by atoms with van der Waals surface area (Å²) in [6.07, 6.45) is -6.68. The number of halogens is 4. The quantitative estimate of drug-likeness (QED) is 0.156. The molecule has 0 saturated heterocycles. The van der Waals surface area contributed by atoms with Crippen LogP contribution in [-0.2, 0) is 12.2 Å². The van der Waals surface area contributed by atoms with Crippen LogP contribution in [0.15, 0.2) is 121 Å². The van der Waals surface area contributed by atoms with Gasteiger partial charge in [0.1, 0.15) is 11.5 Å². The van der Waals surface area contributed by atoms with E-state index in [9.17, 15) is 17.6 Å². The third-order valence-corrected chi connectivity index (χ3v) is 6.53. The molecule has 0 aliphatic carbocycles. The first kappa shape index (κ1) is 49.5. The van der Waals surface area contributed by atoms with Gasteiger partial charge in [0.2, 0.25) is 0 Å². The van der Waals surface area contributed by atoms with E-state index in [0.29, 0.717) is 0 Å². The first-order valence-electron chi connectivity index (χ1n) is 18.4. The number of benzene rings is 5. The highest BCUT2D eigenvalue weighted by molar-refractivity contribution is 5.64. The van der Waals surface area contributed by atoms with E-state index in [1.54, 1.807) is 60.7 Å². The highest BCUT2D eigenvalue weighted by atomic mass is 19.3. The standard InChI is InChI=1S/C21H18F2O.C15H14F2O.5C2H6/c1-15-3-7-17(8-4-15)18-9-13-20(14-10-18)24-21(22,23)19-11-5-16(2)6-12-19;1-11-3-7-13(8-4-11)15(16,17)18-14-9-5-12(2)6-10-14;5*1-2/h3-14H,1-2H3;3-10H,1-2H3;5*1-2H3. The summed E-state index contributed by atoms with van der Waals surface area (Å²) in [7, 11) is 0. The average Bonchev–Trinajstić information content (AvgIpc) is 3.18. The molecule has 0 bridgehead atoms. The number of ether oxygens (including phenoxy) is 2. The summed E-state index contributed by atoms with van der Waals surface area (Å²) in [6, 6.07) is 33.4. The van der Waals surface area contributed by atoms with Crippen molar-refractivity contribution in [3.8, 4) is 22.6 Å². The van der Waals surface area contributed by atoms with Crippen molar-refractivity contribution in [2.75, 3.05) is 0 Å². The van der Waals surface area contributed by atoms with Gasteiger partial charge in [0, 0.05) is 0 Å². The SMILES string of the molecule is CC.CC.CC.CC.CC.Cc1ccc(-c2ccc(OC(F)(F)c3ccc(C)cc3)cc2)cc1.Cc1ccc(OC(F)(F)c2ccc(C)cc2)cc1. The smallest absolute Gasteiger partial charge is 0.426 e. The number of aryl methyl sites for hydroxylation is 4. The summed E-state index contributed by atoms with van der Waals surface area (Å²) in [4.78, 5) is 0. The Morgan fingerprint density at radius 3 is 0.769 bits per heavy atom. The van der Waals surface area contributed by atoms with E-state index in [1.165, 1.54) is 42.0 Å². The van der Waals surface area contributed by atoms with Crippen molar-refractivity contribution in [1.29, 1.82) is 0 Å². The van der Waals surface area contributed by atoms with Gasteiger partial charge in [0.15, 0.2) is 0 Å². The molecule has 5 aromatic rings. The van der Waals surface area contributed by atoms with Crippen LogP contribution in [0.3, 0.4) is 0 Å². The van der Waals surface area contributed by atoms with E-state index in [1.807, 2.05) is 121 Å². The van der Waals surface area contributed by atoms with E-state index in [2.05, 4.69) is 0 Å². The predicted molar refractivity (Wildman–Crippen MR) is 216 cm³/mol. The predicted octanol–water partition coefficient (Wildman–Crippen LogP) is 15.7. The molecule has 0 N–H and O–H groups in total. The molecule has 0 atom stereocenters. The minimum absolute atomic E-state index is 0.136.